The molecule has 0 fully saturated rings. The van der Waals surface area contributed by atoms with E-state index in [-0.39, 0.29) is 6.42 Å². The third kappa shape index (κ3) is 1.97. The SMILES string of the molecule is Cc1nc(-c2ccco2)nc2[nH]cc(CC(=O)O)c12. The molecule has 3 rings (SSSR count). The molecule has 0 radical (unpaired) electrons. The lowest BCUT2D eigenvalue weighted by Crippen LogP contribution is -2.00. The van der Waals surface area contributed by atoms with E-state index < -0.39 is 5.97 Å². The zero-order valence-electron chi connectivity index (χ0n) is 10.2. The number of carbonyl (C=O) groups is 1. The van der Waals surface area contributed by atoms with Gasteiger partial charge in [0.2, 0.25) is 0 Å². The Bertz CT molecular complexity index is 744. The first-order chi connectivity index (χ1) is 9.15. The molecule has 0 aliphatic rings. The lowest BCUT2D eigenvalue weighted by molar-refractivity contribution is -0.136. The van der Waals surface area contributed by atoms with E-state index in [9.17, 15) is 4.79 Å². The van der Waals surface area contributed by atoms with Crippen LogP contribution in [0.1, 0.15) is 11.3 Å². The molecule has 0 aliphatic carbocycles. The number of aryl methyl sites for hydroxylation is 1. The topological polar surface area (TPSA) is 92.0 Å². The zero-order chi connectivity index (χ0) is 13.4. The Morgan fingerprint density at radius 3 is 3.00 bits per heavy atom. The molecule has 0 saturated carbocycles. The van der Waals surface area contributed by atoms with Gasteiger partial charge in [-0.2, -0.15) is 0 Å². The molecular formula is C13H11N3O3. The maximum Gasteiger partial charge on any atom is 0.307 e. The number of hydrogen-bond donors (Lipinski definition) is 2. The number of furan rings is 1. The van der Waals surface area contributed by atoms with E-state index in [1.807, 2.05) is 6.92 Å². The first kappa shape index (κ1) is 11.5. The molecule has 0 amide bonds. The third-order valence-corrected chi connectivity index (χ3v) is 2.88. The first-order valence-corrected chi connectivity index (χ1v) is 5.75. The van der Waals surface area contributed by atoms with E-state index in [0.717, 1.165) is 11.1 Å². The van der Waals surface area contributed by atoms with Gasteiger partial charge in [0.25, 0.3) is 0 Å². The number of nitrogens with one attached hydrogen (secondary N) is 1. The lowest BCUT2D eigenvalue weighted by Gasteiger charge is -2.01. The van der Waals surface area contributed by atoms with Crippen LogP contribution < -0.4 is 0 Å². The minimum atomic E-state index is -0.879. The van der Waals surface area contributed by atoms with Crippen molar-refractivity contribution in [3.05, 3.63) is 35.9 Å². The van der Waals surface area contributed by atoms with Gasteiger partial charge in [-0.3, -0.25) is 4.79 Å². The molecule has 2 N–H and O–H groups in total. The largest absolute Gasteiger partial charge is 0.481 e. The fourth-order valence-corrected chi connectivity index (χ4v) is 2.11. The summed E-state index contributed by atoms with van der Waals surface area (Å²) in [6.45, 7) is 1.83. The van der Waals surface area contributed by atoms with Crippen LogP contribution >= 0.6 is 0 Å². The molecule has 19 heavy (non-hydrogen) atoms. The summed E-state index contributed by atoms with van der Waals surface area (Å²) in [6, 6.07) is 3.55. The van der Waals surface area contributed by atoms with Crippen LogP contribution in [0.15, 0.2) is 29.0 Å². The van der Waals surface area contributed by atoms with Crippen LogP contribution in [0.4, 0.5) is 0 Å². The summed E-state index contributed by atoms with van der Waals surface area (Å²) in [5.74, 6) is 0.188. The minimum Gasteiger partial charge on any atom is -0.481 e. The predicted octanol–water partition coefficient (Wildman–Crippen LogP) is 2.15. The molecule has 0 spiro atoms. The number of aromatic amines is 1. The number of carboxylic acid groups (broad SMARTS) is 1. The molecule has 6 nitrogen and oxygen atoms in total. The maximum absolute atomic E-state index is 10.8. The summed E-state index contributed by atoms with van der Waals surface area (Å²) >= 11 is 0. The zero-order valence-corrected chi connectivity index (χ0v) is 10.2. The summed E-state index contributed by atoms with van der Waals surface area (Å²) < 4.78 is 5.26. The van der Waals surface area contributed by atoms with Crippen molar-refractivity contribution in [3.8, 4) is 11.6 Å². The van der Waals surface area contributed by atoms with E-state index in [2.05, 4.69) is 15.0 Å². The van der Waals surface area contributed by atoms with Crippen molar-refractivity contribution in [2.45, 2.75) is 13.3 Å². The lowest BCUT2D eigenvalue weighted by atomic mass is 10.1. The Balaban J connectivity index is 2.16. The van der Waals surface area contributed by atoms with Crippen molar-refractivity contribution in [2.75, 3.05) is 0 Å². The summed E-state index contributed by atoms with van der Waals surface area (Å²) in [6.07, 6.45) is 3.17. The molecule has 3 heterocycles. The van der Waals surface area contributed by atoms with E-state index in [1.165, 1.54) is 0 Å². The number of carboxylic acids is 1. The standard InChI is InChI=1S/C13H11N3O3/c1-7-11-8(5-10(17)18)6-14-13(11)16-12(15-7)9-3-2-4-19-9/h2-4,6H,5H2,1H3,(H,17,18)(H,14,15,16). The molecular weight excluding hydrogens is 246 g/mol. The molecule has 3 aromatic rings. The Hall–Kier alpha value is -2.63. The van der Waals surface area contributed by atoms with Gasteiger partial charge in [-0.1, -0.05) is 0 Å². The number of aromatic nitrogens is 3. The van der Waals surface area contributed by atoms with Gasteiger partial charge >= 0.3 is 5.97 Å². The number of rotatable bonds is 3. The Morgan fingerprint density at radius 2 is 2.32 bits per heavy atom. The third-order valence-electron chi connectivity index (χ3n) is 2.88. The van der Waals surface area contributed by atoms with Gasteiger partial charge in [0.15, 0.2) is 11.6 Å². The summed E-state index contributed by atoms with van der Waals surface area (Å²) in [4.78, 5) is 22.5. The number of aliphatic carboxylic acids is 1. The van der Waals surface area contributed by atoms with Crippen LogP contribution in [0.25, 0.3) is 22.6 Å². The van der Waals surface area contributed by atoms with Crippen LogP contribution in [0.3, 0.4) is 0 Å². The van der Waals surface area contributed by atoms with Gasteiger partial charge in [0.05, 0.1) is 18.4 Å². The van der Waals surface area contributed by atoms with Gasteiger partial charge in [-0.15, -0.1) is 0 Å². The highest BCUT2D eigenvalue weighted by Gasteiger charge is 2.14. The molecule has 6 heteroatoms. The Labute approximate surface area is 108 Å². The van der Waals surface area contributed by atoms with E-state index in [1.54, 1.807) is 24.6 Å². The second kappa shape index (κ2) is 4.24. The van der Waals surface area contributed by atoms with Crippen LogP contribution in [0, 0.1) is 6.92 Å². The van der Waals surface area contributed by atoms with Crippen molar-refractivity contribution in [3.63, 3.8) is 0 Å². The Kier molecular flexibility index (Phi) is 2.56. The van der Waals surface area contributed by atoms with Crippen LogP contribution in [-0.2, 0) is 11.2 Å². The quantitative estimate of drug-likeness (QED) is 0.750. The van der Waals surface area contributed by atoms with Crippen molar-refractivity contribution in [1.29, 1.82) is 0 Å². The van der Waals surface area contributed by atoms with Crippen LogP contribution in [-0.4, -0.2) is 26.0 Å². The number of nitrogens with zero attached hydrogens (tertiary/aromatic N) is 2. The first-order valence-electron chi connectivity index (χ1n) is 5.75. The van der Waals surface area contributed by atoms with Crippen molar-refractivity contribution in [1.82, 2.24) is 15.0 Å². The summed E-state index contributed by atoms with van der Waals surface area (Å²) in [5.41, 5.74) is 2.04. The number of fused-ring (bicyclic) bond motifs is 1. The molecule has 3 aromatic heterocycles. The van der Waals surface area contributed by atoms with Crippen molar-refractivity contribution in [2.24, 2.45) is 0 Å². The highest BCUT2D eigenvalue weighted by atomic mass is 16.4. The molecule has 96 valence electrons. The fourth-order valence-electron chi connectivity index (χ4n) is 2.11. The van der Waals surface area contributed by atoms with Gasteiger partial charge in [-0.05, 0) is 24.6 Å². The van der Waals surface area contributed by atoms with Crippen LogP contribution in [0.2, 0.25) is 0 Å². The predicted molar refractivity (Wildman–Crippen MR) is 67.7 cm³/mol. The summed E-state index contributed by atoms with van der Waals surface area (Å²) in [5, 5.41) is 9.63. The monoisotopic (exact) mass is 257 g/mol. The molecule has 0 bridgehead atoms. The maximum atomic E-state index is 10.8. The molecule has 0 aliphatic heterocycles. The van der Waals surface area contributed by atoms with Gasteiger partial charge in [0.1, 0.15) is 5.65 Å². The van der Waals surface area contributed by atoms with Gasteiger partial charge < -0.3 is 14.5 Å². The highest BCUT2D eigenvalue weighted by Crippen LogP contribution is 2.24. The number of hydrogen-bond acceptors (Lipinski definition) is 4. The highest BCUT2D eigenvalue weighted by molar-refractivity contribution is 5.87. The van der Waals surface area contributed by atoms with E-state index >= 15 is 0 Å². The Morgan fingerprint density at radius 1 is 1.47 bits per heavy atom. The molecule has 0 aromatic carbocycles. The average Bonchev–Trinajstić information content (AvgIpc) is 2.97. The van der Waals surface area contributed by atoms with Crippen LogP contribution in [0.5, 0.6) is 0 Å². The summed E-state index contributed by atoms with van der Waals surface area (Å²) in [7, 11) is 0. The minimum absolute atomic E-state index is 0.0513. The van der Waals surface area contributed by atoms with Gasteiger partial charge in [-0.25, -0.2) is 9.97 Å². The molecule has 0 atom stereocenters. The van der Waals surface area contributed by atoms with Crippen molar-refractivity contribution < 1.29 is 14.3 Å². The molecule has 0 saturated heterocycles. The van der Waals surface area contributed by atoms with E-state index in [4.69, 9.17) is 9.52 Å². The molecule has 0 unspecified atom stereocenters. The second-order valence-electron chi connectivity index (χ2n) is 4.22. The van der Waals surface area contributed by atoms with E-state index in [0.29, 0.717) is 22.8 Å². The number of H-pyrrole nitrogens is 1. The van der Waals surface area contributed by atoms with Gasteiger partial charge in [0, 0.05) is 11.6 Å². The smallest absolute Gasteiger partial charge is 0.307 e. The second-order valence-corrected chi connectivity index (χ2v) is 4.22. The normalized spacial score (nSPS) is 11.0. The average molecular weight is 257 g/mol. The van der Waals surface area contributed by atoms with Crippen molar-refractivity contribution >= 4 is 17.0 Å². The fraction of sp³-hybridized carbons (Fsp3) is 0.154.